The lowest BCUT2D eigenvalue weighted by atomic mass is 10.0. The molecule has 1 rings (SSSR count). The van der Waals surface area contributed by atoms with E-state index in [1.165, 1.54) is 0 Å². The van der Waals surface area contributed by atoms with Gasteiger partial charge < -0.3 is 9.47 Å². The van der Waals surface area contributed by atoms with Gasteiger partial charge in [-0.3, -0.25) is 4.79 Å². The van der Waals surface area contributed by atoms with Gasteiger partial charge in [0.25, 0.3) is 0 Å². The quantitative estimate of drug-likeness (QED) is 0.693. The molecule has 1 aliphatic rings. The number of carbonyl (C=O) groups excluding carboxylic acids is 1. The first-order valence-electron chi connectivity index (χ1n) is 6.74. The van der Waals surface area contributed by atoms with E-state index in [9.17, 15) is 4.79 Å². The van der Waals surface area contributed by atoms with Gasteiger partial charge in [-0.15, -0.1) is 0 Å². The molecule has 100 valence electrons. The van der Waals surface area contributed by atoms with Crippen molar-refractivity contribution in [3.8, 4) is 0 Å². The molecule has 0 aliphatic carbocycles. The highest BCUT2D eigenvalue weighted by molar-refractivity contribution is 5.70. The predicted octanol–water partition coefficient (Wildman–Crippen LogP) is 3.46. The van der Waals surface area contributed by atoms with Gasteiger partial charge in [-0.05, 0) is 59.8 Å². The molecule has 1 saturated heterocycles. The van der Waals surface area contributed by atoms with Crippen LogP contribution in [-0.2, 0) is 14.3 Å². The van der Waals surface area contributed by atoms with E-state index in [0.29, 0.717) is 6.42 Å². The first-order chi connectivity index (χ1) is 7.87. The third-order valence-corrected chi connectivity index (χ3v) is 2.90. The maximum atomic E-state index is 11.1. The standard InChI is InChI=1S/C14H26O3/c1-11(17-14(2,3)4)7-5-8-12-9-6-10-13(15)16-12/h11-12H,5-10H2,1-4H3. The van der Waals surface area contributed by atoms with E-state index in [1.807, 2.05) is 0 Å². The number of esters is 1. The van der Waals surface area contributed by atoms with E-state index in [2.05, 4.69) is 27.7 Å². The molecule has 3 heteroatoms. The SMILES string of the molecule is CC(CCCC1CCCC(=O)O1)OC(C)(C)C. The molecule has 0 aromatic rings. The van der Waals surface area contributed by atoms with Crippen LogP contribution in [0.25, 0.3) is 0 Å². The number of carbonyl (C=O) groups is 1. The minimum absolute atomic E-state index is 0.0276. The highest BCUT2D eigenvalue weighted by Gasteiger charge is 2.20. The van der Waals surface area contributed by atoms with Crippen molar-refractivity contribution in [1.82, 2.24) is 0 Å². The van der Waals surface area contributed by atoms with Crippen molar-refractivity contribution in [2.24, 2.45) is 0 Å². The summed E-state index contributed by atoms with van der Waals surface area (Å²) in [4.78, 5) is 11.1. The van der Waals surface area contributed by atoms with Gasteiger partial charge in [0.05, 0.1) is 11.7 Å². The van der Waals surface area contributed by atoms with Crippen LogP contribution in [0.3, 0.4) is 0 Å². The minimum Gasteiger partial charge on any atom is -0.462 e. The summed E-state index contributed by atoms with van der Waals surface area (Å²) < 4.78 is 11.1. The van der Waals surface area contributed by atoms with Crippen LogP contribution < -0.4 is 0 Å². The van der Waals surface area contributed by atoms with Crippen LogP contribution in [-0.4, -0.2) is 23.8 Å². The largest absolute Gasteiger partial charge is 0.462 e. The Bertz CT molecular complexity index is 242. The number of cyclic esters (lactones) is 1. The Morgan fingerprint density at radius 1 is 1.47 bits per heavy atom. The fraction of sp³-hybridized carbons (Fsp3) is 0.929. The van der Waals surface area contributed by atoms with Crippen LogP contribution >= 0.6 is 0 Å². The van der Waals surface area contributed by atoms with Crippen molar-refractivity contribution < 1.29 is 14.3 Å². The molecule has 0 amide bonds. The van der Waals surface area contributed by atoms with Gasteiger partial charge in [0.2, 0.25) is 0 Å². The molecule has 17 heavy (non-hydrogen) atoms. The molecule has 1 fully saturated rings. The molecule has 0 N–H and O–H groups in total. The Labute approximate surface area is 105 Å². The van der Waals surface area contributed by atoms with Gasteiger partial charge in [-0.2, -0.15) is 0 Å². The van der Waals surface area contributed by atoms with Crippen LogP contribution in [0.2, 0.25) is 0 Å². The smallest absolute Gasteiger partial charge is 0.306 e. The molecule has 2 unspecified atom stereocenters. The molecular weight excluding hydrogens is 216 g/mol. The lowest BCUT2D eigenvalue weighted by molar-refractivity contribution is -0.154. The maximum Gasteiger partial charge on any atom is 0.306 e. The van der Waals surface area contributed by atoms with Gasteiger partial charge in [0, 0.05) is 6.42 Å². The van der Waals surface area contributed by atoms with Crippen molar-refractivity contribution in [1.29, 1.82) is 0 Å². The van der Waals surface area contributed by atoms with E-state index in [-0.39, 0.29) is 23.8 Å². The molecule has 1 aliphatic heterocycles. The Morgan fingerprint density at radius 3 is 2.76 bits per heavy atom. The summed E-state index contributed by atoms with van der Waals surface area (Å²) in [7, 11) is 0. The first-order valence-corrected chi connectivity index (χ1v) is 6.74. The molecule has 0 aromatic heterocycles. The first kappa shape index (κ1) is 14.5. The molecule has 0 spiro atoms. The summed E-state index contributed by atoms with van der Waals surface area (Å²) in [6.07, 6.45) is 6.11. The summed E-state index contributed by atoms with van der Waals surface area (Å²) in [5.74, 6) is -0.0276. The highest BCUT2D eigenvalue weighted by atomic mass is 16.5. The molecule has 1 heterocycles. The zero-order valence-electron chi connectivity index (χ0n) is 11.6. The third-order valence-electron chi connectivity index (χ3n) is 2.90. The predicted molar refractivity (Wildman–Crippen MR) is 67.9 cm³/mol. The van der Waals surface area contributed by atoms with E-state index in [4.69, 9.17) is 9.47 Å². The second kappa shape index (κ2) is 6.39. The highest BCUT2D eigenvalue weighted by Crippen LogP contribution is 2.20. The van der Waals surface area contributed by atoms with Crippen LogP contribution in [0, 0.1) is 0 Å². The number of hydrogen-bond donors (Lipinski definition) is 0. The average molecular weight is 242 g/mol. The van der Waals surface area contributed by atoms with Crippen LogP contribution in [0.1, 0.15) is 66.2 Å². The topological polar surface area (TPSA) is 35.5 Å². The second-order valence-electron chi connectivity index (χ2n) is 5.98. The van der Waals surface area contributed by atoms with Gasteiger partial charge in [-0.25, -0.2) is 0 Å². The van der Waals surface area contributed by atoms with E-state index in [0.717, 1.165) is 32.1 Å². The fourth-order valence-electron chi connectivity index (χ4n) is 2.28. The van der Waals surface area contributed by atoms with Crippen LogP contribution in [0.4, 0.5) is 0 Å². The van der Waals surface area contributed by atoms with Gasteiger partial charge in [-0.1, -0.05) is 0 Å². The zero-order valence-corrected chi connectivity index (χ0v) is 11.6. The molecule has 0 radical (unpaired) electrons. The molecule has 0 bridgehead atoms. The van der Waals surface area contributed by atoms with Gasteiger partial charge >= 0.3 is 5.97 Å². The van der Waals surface area contributed by atoms with E-state index < -0.39 is 0 Å². The van der Waals surface area contributed by atoms with E-state index in [1.54, 1.807) is 0 Å². The van der Waals surface area contributed by atoms with Crippen molar-refractivity contribution in [2.75, 3.05) is 0 Å². The average Bonchev–Trinajstić information content (AvgIpc) is 2.14. The zero-order chi connectivity index (χ0) is 12.9. The van der Waals surface area contributed by atoms with Gasteiger partial charge in [0.15, 0.2) is 0 Å². The molecule has 2 atom stereocenters. The Morgan fingerprint density at radius 2 is 2.18 bits per heavy atom. The monoisotopic (exact) mass is 242 g/mol. The summed E-state index contributed by atoms with van der Waals surface area (Å²) in [6.45, 7) is 8.34. The van der Waals surface area contributed by atoms with Crippen LogP contribution in [0.5, 0.6) is 0 Å². The summed E-state index contributed by atoms with van der Waals surface area (Å²) in [6, 6.07) is 0. The Kier molecular flexibility index (Phi) is 5.44. The van der Waals surface area contributed by atoms with Crippen LogP contribution in [0.15, 0.2) is 0 Å². The summed E-state index contributed by atoms with van der Waals surface area (Å²) >= 11 is 0. The minimum atomic E-state index is -0.0727. The third kappa shape index (κ3) is 6.67. The summed E-state index contributed by atoms with van der Waals surface area (Å²) in [5.41, 5.74) is -0.0727. The van der Waals surface area contributed by atoms with Crippen molar-refractivity contribution >= 4 is 5.97 Å². The number of hydrogen-bond acceptors (Lipinski definition) is 3. The normalized spacial score (nSPS) is 23.3. The Hall–Kier alpha value is -0.570. The maximum absolute atomic E-state index is 11.1. The molecule has 3 nitrogen and oxygen atoms in total. The second-order valence-corrected chi connectivity index (χ2v) is 5.98. The Balaban J connectivity index is 2.12. The number of ether oxygens (including phenoxy) is 2. The molecule has 0 saturated carbocycles. The van der Waals surface area contributed by atoms with E-state index >= 15 is 0 Å². The number of rotatable bonds is 5. The molecule has 0 aromatic carbocycles. The van der Waals surface area contributed by atoms with Crippen molar-refractivity contribution in [2.45, 2.75) is 84.0 Å². The van der Waals surface area contributed by atoms with Gasteiger partial charge in [0.1, 0.15) is 6.10 Å². The summed E-state index contributed by atoms with van der Waals surface area (Å²) in [5, 5.41) is 0. The lowest BCUT2D eigenvalue weighted by Crippen LogP contribution is -2.26. The van der Waals surface area contributed by atoms with Crippen molar-refractivity contribution in [3.63, 3.8) is 0 Å². The van der Waals surface area contributed by atoms with Crippen molar-refractivity contribution in [3.05, 3.63) is 0 Å². The fourth-order valence-corrected chi connectivity index (χ4v) is 2.28. The molecular formula is C14H26O3. The lowest BCUT2D eigenvalue weighted by Gasteiger charge is -2.26.